The molecule has 1 aliphatic rings. The molecule has 1 aliphatic heterocycles. The van der Waals surface area contributed by atoms with Crippen LogP contribution in [0.15, 0.2) is 42.5 Å². The highest BCUT2D eigenvalue weighted by Crippen LogP contribution is 2.24. The van der Waals surface area contributed by atoms with E-state index in [1.807, 2.05) is 0 Å². The number of nitrogens with one attached hydrogen (secondary N) is 1. The molecular formula is C17H21NO. The number of piperidine rings is 1. The number of aliphatic hydroxyl groups excluding tert-OH is 1. The highest BCUT2D eigenvalue weighted by atomic mass is 16.3. The van der Waals surface area contributed by atoms with Crippen LogP contribution in [0.1, 0.15) is 18.4 Å². The largest absolute Gasteiger partial charge is 0.392 e. The zero-order valence-corrected chi connectivity index (χ0v) is 11.2. The average molecular weight is 255 g/mol. The second-order valence-electron chi connectivity index (χ2n) is 5.50. The molecular weight excluding hydrogens is 234 g/mol. The lowest BCUT2D eigenvalue weighted by Crippen LogP contribution is -2.35. The van der Waals surface area contributed by atoms with Crippen molar-refractivity contribution in [1.82, 2.24) is 5.32 Å². The maximum Gasteiger partial charge on any atom is 0.0609 e. The lowest BCUT2D eigenvalue weighted by molar-refractivity contribution is 0.0893. The third kappa shape index (κ3) is 2.80. The van der Waals surface area contributed by atoms with Gasteiger partial charge in [0.1, 0.15) is 0 Å². The van der Waals surface area contributed by atoms with Crippen LogP contribution < -0.4 is 5.32 Å². The first kappa shape index (κ1) is 12.6. The van der Waals surface area contributed by atoms with Crippen molar-refractivity contribution >= 4 is 10.8 Å². The molecule has 0 spiro atoms. The minimum atomic E-state index is -0.215. The number of benzene rings is 2. The fraction of sp³-hybridized carbons (Fsp3) is 0.412. The fourth-order valence-electron chi connectivity index (χ4n) is 3.09. The van der Waals surface area contributed by atoms with E-state index in [2.05, 4.69) is 47.8 Å². The van der Waals surface area contributed by atoms with Gasteiger partial charge in [-0.15, -0.1) is 0 Å². The molecule has 0 bridgehead atoms. The number of rotatable bonds is 3. The van der Waals surface area contributed by atoms with Gasteiger partial charge in [-0.05, 0) is 54.6 Å². The molecule has 2 aromatic rings. The SMILES string of the molecule is OC(Cc1cccc2ccccc12)C1CCNCC1. The zero-order chi connectivity index (χ0) is 13.1. The van der Waals surface area contributed by atoms with Crippen molar-refractivity contribution in [2.24, 2.45) is 5.92 Å². The van der Waals surface area contributed by atoms with Crippen molar-refractivity contribution in [3.05, 3.63) is 48.0 Å². The Morgan fingerprint density at radius 1 is 1.05 bits per heavy atom. The van der Waals surface area contributed by atoms with Crippen molar-refractivity contribution < 1.29 is 5.11 Å². The lowest BCUT2D eigenvalue weighted by atomic mass is 9.87. The molecule has 0 saturated carbocycles. The molecule has 0 amide bonds. The highest BCUT2D eigenvalue weighted by molar-refractivity contribution is 5.85. The summed E-state index contributed by atoms with van der Waals surface area (Å²) in [5.41, 5.74) is 1.27. The first-order valence-corrected chi connectivity index (χ1v) is 7.20. The summed E-state index contributed by atoms with van der Waals surface area (Å²) in [7, 11) is 0. The molecule has 1 unspecified atom stereocenters. The van der Waals surface area contributed by atoms with E-state index in [9.17, 15) is 5.11 Å². The second kappa shape index (κ2) is 5.72. The topological polar surface area (TPSA) is 32.3 Å². The van der Waals surface area contributed by atoms with E-state index in [0.29, 0.717) is 5.92 Å². The van der Waals surface area contributed by atoms with Gasteiger partial charge in [0.25, 0.3) is 0 Å². The van der Waals surface area contributed by atoms with Gasteiger partial charge in [0, 0.05) is 0 Å². The van der Waals surface area contributed by atoms with Crippen LogP contribution >= 0.6 is 0 Å². The Balaban J connectivity index is 1.80. The molecule has 2 heteroatoms. The van der Waals surface area contributed by atoms with Gasteiger partial charge in [-0.2, -0.15) is 0 Å². The molecule has 1 fully saturated rings. The molecule has 2 nitrogen and oxygen atoms in total. The second-order valence-corrected chi connectivity index (χ2v) is 5.50. The van der Waals surface area contributed by atoms with Crippen LogP contribution in [0, 0.1) is 5.92 Å². The minimum Gasteiger partial charge on any atom is -0.392 e. The number of aliphatic hydroxyl groups is 1. The smallest absolute Gasteiger partial charge is 0.0609 e. The van der Waals surface area contributed by atoms with Crippen molar-refractivity contribution in [1.29, 1.82) is 0 Å². The summed E-state index contributed by atoms with van der Waals surface area (Å²) >= 11 is 0. The molecule has 0 aromatic heterocycles. The Hall–Kier alpha value is -1.38. The molecule has 19 heavy (non-hydrogen) atoms. The summed E-state index contributed by atoms with van der Waals surface area (Å²) in [5, 5.41) is 16.3. The molecule has 2 N–H and O–H groups in total. The standard InChI is InChI=1S/C17H21NO/c19-17(14-8-10-18-11-9-14)12-15-6-3-5-13-4-1-2-7-16(13)15/h1-7,14,17-19H,8-12H2. The number of fused-ring (bicyclic) bond motifs is 1. The Labute approximate surface area is 114 Å². The summed E-state index contributed by atoms with van der Waals surface area (Å²) < 4.78 is 0. The lowest BCUT2D eigenvalue weighted by Gasteiger charge is -2.27. The van der Waals surface area contributed by atoms with Gasteiger partial charge in [0.05, 0.1) is 6.10 Å². The van der Waals surface area contributed by atoms with Crippen molar-refractivity contribution in [3.63, 3.8) is 0 Å². The van der Waals surface area contributed by atoms with Gasteiger partial charge in [-0.3, -0.25) is 0 Å². The van der Waals surface area contributed by atoms with E-state index in [1.165, 1.54) is 16.3 Å². The van der Waals surface area contributed by atoms with Gasteiger partial charge in [0.15, 0.2) is 0 Å². The highest BCUT2D eigenvalue weighted by Gasteiger charge is 2.22. The van der Waals surface area contributed by atoms with Crippen molar-refractivity contribution in [2.45, 2.75) is 25.4 Å². The third-order valence-corrected chi connectivity index (χ3v) is 4.24. The first-order chi connectivity index (χ1) is 9.34. The summed E-state index contributed by atoms with van der Waals surface area (Å²) in [5.74, 6) is 0.445. The maximum absolute atomic E-state index is 10.5. The first-order valence-electron chi connectivity index (χ1n) is 7.20. The Morgan fingerprint density at radius 2 is 1.79 bits per heavy atom. The van der Waals surface area contributed by atoms with Gasteiger partial charge < -0.3 is 10.4 Å². The summed E-state index contributed by atoms with van der Waals surface area (Å²) in [4.78, 5) is 0. The Morgan fingerprint density at radius 3 is 2.63 bits per heavy atom. The van der Waals surface area contributed by atoms with Crippen LogP contribution in [-0.4, -0.2) is 24.3 Å². The molecule has 0 radical (unpaired) electrons. The average Bonchev–Trinajstić information content (AvgIpc) is 2.48. The molecule has 100 valence electrons. The molecule has 1 heterocycles. The van der Waals surface area contributed by atoms with Gasteiger partial charge in [-0.25, -0.2) is 0 Å². The summed E-state index contributed by atoms with van der Waals surface area (Å²) in [6.07, 6.45) is 2.73. The normalized spacial score (nSPS) is 18.6. The predicted molar refractivity (Wildman–Crippen MR) is 79.3 cm³/mol. The van der Waals surface area contributed by atoms with Gasteiger partial charge >= 0.3 is 0 Å². The molecule has 1 saturated heterocycles. The quantitative estimate of drug-likeness (QED) is 0.884. The van der Waals surface area contributed by atoms with Crippen molar-refractivity contribution in [2.75, 3.05) is 13.1 Å². The van der Waals surface area contributed by atoms with E-state index in [1.54, 1.807) is 0 Å². The predicted octanol–water partition coefficient (Wildman–Crippen LogP) is 2.74. The number of hydrogen-bond acceptors (Lipinski definition) is 2. The van der Waals surface area contributed by atoms with Crippen molar-refractivity contribution in [3.8, 4) is 0 Å². The molecule has 1 atom stereocenters. The van der Waals surface area contributed by atoms with Crippen LogP contribution in [0.4, 0.5) is 0 Å². The van der Waals surface area contributed by atoms with Gasteiger partial charge in [-0.1, -0.05) is 42.5 Å². The molecule has 0 aliphatic carbocycles. The minimum absolute atomic E-state index is 0.215. The van der Waals surface area contributed by atoms with Crippen LogP contribution in [0.2, 0.25) is 0 Å². The van der Waals surface area contributed by atoms with Crippen LogP contribution in [-0.2, 0) is 6.42 Å². The summed E-state index contributed by atoms with van der Waals surface area (Å²) in [6.45, 7) is 2.08. The summed E-state index contributed by atoms with van der Waals surface area (Å²) in [6, 6.07) is 14.8. The molecule has 2 aromatic carbocycles. The van der Waals surface area contributed by atoms with E-state index >= 15 is 0 Å². The van der Waals surface area contributed by atoms with Crippen LogP contribution in [0.5, 0.6) is 0 Å². The van der Waals surface area contributed by atoms with E-state index in [0.717, 1.165) is 32.4 Å². The van der Waals surface area contributed by atoms with Crippen LogP contribution in [0.25, 0.3) is 10.8 Å². The van der Waals surface area contributed by atoms with E-state index in [4.69, 9.17) is 0 Å². The zero-order valence-electron chi connectivity index (χ0n) is 11.2. The van der Waals surface area contributed by atoms with Gasteiger partial charge in [0.2, 0.25) is 0 Å². The molecule has 3 rings (SSSR count). The Kier molecular flexibility index (Phi) is 3.81. The fourth-order valence-corrected chi connectivity index (χ4v) is 3.09. The maximum atomic E-state index is 10.5. The monoisotopic (exact) mass is 255 g/mol. The number of hydrogen-bond donors (Lipinski definition) is 2. The van der Waals surface area contributed by atoms with Crippen LogP contribution in [0.3, 0.4) is 0 Å². The third-order valence-electron chi connectivity index (χ3n) is 4.24. The Bertz CT molecular complexity index is 540. The van der Waals surface area contributed by atoms with E-state index < -0.39 is 0 Å². The van der Waals surface area contributed by atoms with E-state index in [-0.39, 0.29) is 6.10 Å².